The molecule has 1 aromatic heterocycles. The van der Waals surface area contributed by atoms with E-state index in [-0.39, 0.29) is 12.4 Å². The molecule has 1 atom stereocenters. The molecule has 0 bridgehead atoms. The Morgan fingerprint density at radius 3 is 1.82 bits per heavy atom. The molecular formula is C19H37ClN2. The van der Waals surface area contributed by atoms with Crippen LogP contribution in [-0.2, 0) is 0 Å². The van der Waals surface area contributed by atoms with Gasteiger partial charge in [-0.1, -0.05) is 78.1 Å². The highest BCUT2D eigenvalue weighted by Crippen LogP contribution is 2.16. The van der Waals surface area contributed by atoms with Crippen LogP contribution in [0.3, 0.4) is 0 Å². The average molecular weight is 329 g/mol. The predicted molar refractivity (Wildman–Crippen MR) is 91.4 cm³/mol. The maximum atomic E-state index is 3.15. The van der Waals surface area contributed by atoms with E-state index in [1.54, 1.807) is 0 Å². The van der Waals surface area contributed by atoms with E-state index in [2.05, 4.69) is 35.9 Å². The van der Waals surface area contributed by atoms with E-state index < -0.39 is 0 Å². The first-order valence-electron chi connectivity index (χ1n) is 9.42. The minimum Gasteiger partial charge on any atom is -1.00 e. The molecule has 0 aliphatic carbocycles. The third-order valence-electron chi connectivity index (χ3n) is 4.60. The monoisotopic (exact) mass is 328 g/mol. The molecule has 2 nitrogen and oxygen atoms in total. The Morgan fingerprint density at radius 2 is 1.36 bits per heavy atom. The van der Waals surface area contributed by atoms with Gasteiger partial charge >= 0.3 is 0 Å². The van der Waals surface area contributed by atoms with Crippen molar-refractivity contribution >= 4 is 0 Å². The number of halogens is 1. The van der Waals surface area contributed by atoms with Gasteiger partial charge in [-0.3, -0.25) is 4.98 Å². The first-order chi connectivity index (χ1) is 10.4. The molecular weight excluding hydrogens is 292 g/mol. The Kier molecular flexibility index (Phi) is 15.0. The van der Waals surface area contributed by atoms with Crippen LogP contribution in [0.15, 0.2) is 18.7 Å². The van der Waals surface area contributed by atoms with E-state index in [4.69, 9.17) is 0 Å². The molecule has 1 heterocycles. The quantitative estimate of drug-likeness (QED) is 0.400. The summed E-state index contributed by atoms with van der Waals surface area (Å²) < 4.78 is 2.33. The molecule has 0 radical (unpaired) electrons. The molecule has 130 valence electrons. The summed E-state index contributed by atoms with van der Waals surface area (Å²) >= 11 is 0. The van der Waals surface area contributed by atoms with Gasteiger partial charge in [-0.25, -0.2) is 4.57 Å². The zero-order valence-corrected chi connectivity index (χ0v) is 15.6. The smallest absolute Gasteiger partial charge is 0.241 e. The molecule has 1 unspecified atom stereocenters. The summed E-state index contributed by atoms with van der Waals surface area (Å²) in [5.41, 5.74) is 0. The van der Waals surface area contributed by atoms with Crippen molar-refractivity contribution in [3.8, 4) is 0 Å². The van der Waals surface area contributed by atoms with Gasteiger partial charge in [0.15, 0.2) is 0 Å². The topological polar surface area (TPSA) is 19.7 Å². The van der Waals surface area contributed by atoms with Crippen molar-refractivity contribution in [2.45, 2.75) is 103 Å². The highest BCUT2D eigenvalue weighted by Gasteiger charge is 2.11. The van der Waals surface area contributed by atoms with Crippen molar-refractivity contribution in [2.24, 2.45) is 0 Å². The maximum Gasteiger partial charge on any atom is 0.241 e. The Balaban J connectivity index is 0.00000441. The van der Waals surface area contributed by atoms with Crippen molar-refractivity contribution in [2.75, 3.05) is 0 Å². The number of imidazole rings is 1. The minimum atomic E-state index is 0. The number of hydrogen-bond donors (Lipinski definition) is 1. The van der Waals surface area contributed by atoms with E-state index in [1.807, 2.05) is 6.20 Å². The Hall–Kier alpha value is -0.500. The summed E-state index contributed by atoms with van der Waals surface area (Å²) in [6.45, 7) is 4.58. The molecule has 0 aliphatic rings. The fourth-order valence-electron chi connectivity index (χ4n) is 3.14. The van der Waals surface area contributed by atoms with Crippen LogP contribution in [0.25, 0.3) is 0 Å². The molecule has 0 aromatic carbocycles. The van der Waals surface area contributed by atoms with Gasteiger partial charge in [-0.05, 0) is 19.3 Å². The van der Waals surface area contributed by atoms with Crippen LogP contribution < -0.4 is 17.0 Å². The number of aromatic amines is 1. The number of H-pyrrole nitrogens is 1. The molecule has 22 heavy (non-hydrogen) atoms. The van der Waals surface area contributed by atoms with Gasteiger partial charge in [0.2, 0.25) is 6.33 Å². The second-order valence-corrected chi connectivity index (χ2v) is 6.44. The lowest BCUT2D eigenvalue weighted by atomic mass is 10.0. The summed E-state index contributed by atoms with van der Waals surface area (Å²) in [5.74, 6) is 0. The van der Waals surface area contributed by atoms with Crippen LogP contribution >= 0.6 is 0 Å². The zero-order valence-electron chi connectivity index (χ0n) is 14.8. The van der Waals surface area contributed by atoms with E-state index >= 15 is 0 Å². The van der Waals surface area contributed by atoms with Crippen LogP contribution in [0.5, 0.6) is 0 Å². The van der Waals surface area contributed by atoms with Crippen molar-refractivity contribution in [3.63, 3.8) is 0 Å². The molecule has 3 heteroatoms. The van der Waals surface area contributed by atoms with Gasteiger partial charge < -0.3 is 12.4 Å². The molecule has 1 aromatic rings. The van der Waals surface area contributed by atoms with Crippen molar-refractivity contribution in [1.82, 2.24) is 4.98 Å². The molecule has 0 fully saturated rings. The van der Waals surface area contributed by atoms with Crippen LogP contribution in [0.4, 0.5) is 0 Å². The summed E-state index contributed by atoms with van der Waals surface area (Å²) in [7, 11) is 0. The first-order valence-corrected chi connectivity index (χ1v) is 9.42. The summed E-state index contributed by atoms with van der Waals surface area (Å²) in [6, 6.07) is 0.690. The zero-order chi connectivity index (χ0) is 15.2. The molecule has 0 aliphatic heterocycles. The van der Waals surface area contributed by atoms with Crippen LogP contribution in [0.1, 0.15) is 103 Å². The highest BCUT2D eigenvalue weighted by molar-refractivity contribution is 4.60. The van der Waals surface area contributed by atoms with Crippen molar-refractivity contribution in [1.29, 1.82) is 0 Å². The fourth-order valence-corrected chi connectivity index (χ4v) is 3.14. The number of nitrogens with zero attached hydrogens (tertiary/aromatic N) is 1. The van der Waals surface area contributed by atoms with Gasteiger partial charge in [-0.15, -0.1) is 0 Å². The number of unbranched alkanes of at least 4 members (excludes halogenated alkanes) is 10. The van der Waals surface area contributed by atoms with Gasteiger partial charge in [0.1, 0.15) is 18.4 Å². The predicted octanol–water partition coefficient (Wildman–Crippen LogP) is 2.96. The van der Waals surface area contributed by atoms with Gasteiger partial charge in [0, 0.05) is 0 Å². The summed E-state index contributed by atoms with van der Waals surface area (Å²) in [4.78, 5) is 3.15. The third kappa shape index (κ3) is 10.3. The molecule has 0 spiro atoms. The maximum absolute atomic E-state index is 3.15. The molecule has 1 rings (SSSR count). The van der Waals surface area contributed by atoms with E-state index in [0.717, 1.165) is 0 Å². The second kappa shape index (κ2) is 15.4. The number of nitrogens with one attached hydrogen (secondary N) is 1. The Bertz CT molecular complexity index is 311. The van der Waals surface area contributed by atoms with E-state index in [1.165, 1.54) is 83.5 Å². The Labute approximate surface area is 144 Å². The lowest BCUT2D eigenvalue weighted by molar-refractivity contribution is -0.722. The first kappa shape index (κ1) is 21.5. The average Bonchev–Trinajstić information content (AvgIpc) is 3.03. The SMILES string of the molecule is CCCCCCCCCCCCCC(CC)[n+]1cc[nH]c1.[Cl-]. The largest absolute Gasteiger partial charge is 1.00 e. The standard InChI is InChI=1S/C19H36N2.ClH/c1-3-5-6-7-8-9-10-11-12-13-14-15-19(4-2)21-17-16-20-18-21;/h16-19H,3-15H2,1-2H3;1H. The number of aromatic nitrogens is 2. The fraction of sp³-hybridized carbons (Fsp3) is 0.842. The summed E-state index contributed by atoms with van der Waals surface area (Å²) in [6.07, 6.45) is 24.6. The highest BCUT2D eigenvalue weighted by atomic mass is 35.5. The molecule has 0 saturated carbocycles. The Morgan fingerprint density at radius 1 is 0.818 bits per heavy atom. The lowest BCUT2D eigenvalue weighted by Gasteiger charge is -2.11. The molecule has 0 amide bonds. The van der Waals surface area contributed by atoms with Crippen LogP contribution in [-0.4, -0.2) is 4.98 Å². The molecule has 1 N–H and O–H groups in total. The van der Waals surface area contributed by atoms with Crippen molar-refractivity contribution < 1.29 is 17.0 Å². The normalized spacial score (nSPS) is 12.1. The van der Waals surface area contributed by atoms with Crippen LogP contribution in [0, 0.1) is 0 Å². The number of rotatable bonds is 14. The van der Waals surface area contributed by atoms with Crippen LogP contribution in [0.2, 0.25) is 0 Å². The van der Waals surface area contributed by atoms with Gasteiger partial charge in [0.25, 0.3) is 0 Å². The third-order valence-corrected chi connectivity index (χ3v) is 4.60. The summed E-state index contributed by atoms with van der Waals surface area (Å²) in [5, 5.41) is 0. The van der Waals surface area contributed by atoms with Crippen molar-refractivity contribution in [3.05, 3.63) is 18.7 Å². The van der Waals surface area contributed by atoms with E-state index in [0.29, 0.717) is 6.04 Å². The number of hydrogen-bond acceptors (Lipinski definition) is 0. The molecule has 0 saturated heterocycles. The van der Waals surface area contributed by atoms with Gasteiger partial charge in [0.05, 0.1) is 0 Å². The van der Waals surface area contributed by atoms with Gasteiger partial charge in [-0.2, -0.15) is 0 Å². The van der Waals surface area contributed by atoms with E-state index in [9.17, 15) is 0 Å². The minimum absolute atomic E-state index is 0. The lowest BCUT2D eigenvalue weighted by Crippen LogP contribution is -3.00. The second-order valence-electron chi connectivity index (χ2n) is 6.44.